The number of allylic oxidation sites excluding steroid dienone is 1. The zero-order valence-electron chi connectivity index (χ0n) is 7.56. The van der Waals surface area contributed by atoms with Crippen LogP contribution in [0.5, 0.6) is 0 Å². The molecule has 0 aliphatic heterocycles. The predicted octanol–water partition coefficient (Wildman–Crippen LogP) is 2.67. The second kappa shape index (κ2) is 4.35. The van der Waals surface area contributed by atoms with Gasteiger partial charge in [0.1, 0.15) is 0 Å². The molecule has 11 heavy (non-hydrogen) atoms. The third kappa shape index (κ3) is 3.38. The summed E-state index contributed by atoms with van der Waals surface area (Å²) in [6.07, 6.45) is 3.90. The van der Waals surface area contributed by atoms with Crippen molar-refractivity contribution >= 4 is 0 Å². The van der Waals surface area contributed by atoms with Gasteiger partial charge in [0, 0.05) is 6.42 Å². The minimum Gasteiger partial charge on any atom is -0.390 e. The Hall–Kier alpha value is -0.560. The van der Waals surface area contributed by atoms with Crippen LogP contribution in [0.1, 0.15) is 33.1 Å². The Morgan fingerprint density at radius 2 is 1.91 bits per heavy atom. The number of aliphatic hydroxyl groups is 1. The highest BCUT2D eigenvalue weighted by Crippen LogP contribution is 2.23. The average molecular weight is 154 g/mol. The quantitative estimate of drug-likeness (QED) is 0.604. The summed E-state index contributed by atoms with van der Waals surface area (Å²) >= 11 is 0. The van der Waals surface area contributed by atoms with Gasteiger partial charge in [-0.05, 0) is 12.8 Å². The van der Waals surface area contributed by atoms with Crippen LogP contribution in [0.25, 0.3) is 0 Å². The number of rotatable bonds is 5. The van der Waals surface area contributed by atoms with Crippen LogP contribution in [0.2, 0.25) is 0 Å². The summed E-state index contributed by atoms with van der Waals surface area (Å²) in [7, 11) is 0. The molecule has 0 aliphatic carbocycles. The fourth-order valence-corrected chi connectivity index (χ4v) is 0.995. The minimum absolute atomic E-state index is 0.564. The third-order valence-corrected chi connectivity index (χ3v) is 2.16. The highest BCUT2D eigenvalue weighted by Gasteiger charge is 2.21. The summed E-state index contributed by atoms with van der Waals surface area (Å²) < 4.78 is 0. The number of hydrogen-bond donors (Lipinski definition) is 1. The highest BCUT2D eigenvalue weighted by atomic mass is 16.3. The Balaban J connectivity index is 4.06. The van der Waals surface area contributed by atoms with Crippen LogP contribution in [0.3, 0.4) is 0 Å². The molecular formula is C10H18O. The molecule has 0 aromatic heterocycles. The van der Waals surface area contributed by atoms with Crippen molar-refractivity contribution in [2.24, 2.45) is 0 Å². The van der Waals surface area contributed by atoms with Gasteiger partial charge in [-0.3, -0.25) is 0 Å². The average Bonchev–Trinajstić information content (AvgIpc) is 2.04. The molecule has 0 amide bonds. The maximum atomic E-state index is 9.82. The second-order valence-corrected chi connectivity index (χ2v) is 2.97. The van der Waals surface area contributed by atoms with E-state index < -0.39 is 5.60 Å². The molecule has 0 radical (unpaired) electrons. The molecule has 1 nitrogen and oxygen atoms in total. The van der Waals surface area contributed by atoms with E-state index in [1.165, 1.54) is 0 Å². The monoisotopic (exact) mass is 154 g/mol. The van der Waals surface area contributed by atoms with Gasteiger partial charge < -0.3 is 5.11 Å². The Labute approximate surface area is 69.4 Å². The molecule has 1 N–H and O–H groups in total. The molecule has 0 saturated heterocycles. The van der Waals surface area contributed by atoms with E-state index in [0.29, 0.717) is 6.42 Å². The molecule has 0 spiro atoms. The zero-order chi connectivity index (χ0) is 8.91. The summed E-state index contributed by atoms with van der Waals surface area (Å²) in [5.41, 5.74) is 0.349. The lowest BCUT2D eigenvalue weighted by Gasteiger charge is -2.25. The van der Waals surface area contributed by atoms with E-state index in [0.717, 1.165) is 18.4 Å². The second-order valence-electron chi connectivity index (χ2n) is 2.97. The summed E-state index contributed by atoms with van der Waals surface area (Å²) in [4.78, 5) is 0. The minimum atomic E-state index is -0.564. The standard InChI is InChI=1S/C10H18O/c1-5-9(4)8-10(11,6-2)7-3/h5,11H,1,4,6-8H2,2-3H3. The molecule has 0 unspecified atom stereocenters. The van der Waals surface area contributed by atoms with Crippen LogP contribution in [-0.4, -0.2) is 10.7 Å². The largest absolute Gasteiger partial charge is 0.390 e. The molecule has 64 valence electrons. The van der Waals surface area contributed by atoms with E-state index >= 15 is 0 Å². The van der Waals surface area contributed by atoms with Crippen molar-refractivity contribution in [3.63, 3.8) is 0 Å². The fraction of sp³-hybridized carbons (Fsp3) is 0.600. The van der Waals surface area contributed by atoms with Crippen molar-refractivity contribution in [3.8, 4) is 0 Å². The molecule has 0 bridgehead atoms. The van der Waals surface area contributed by atoms with E-state index in [-0.39, 0.29) is 0 Å². The van der Waals surface area contributed by atoms with Crippen LogP contribution in [0, 0.1) is 0 Å². The van der Waals surface area contributed by atoms with Crippen LogP contribution < -0.4 is 0 Å². The van der Waals surface area contributed by atoms with Crippen molar-refractivity contribution in [3.05, 3.63) is 24.8 Å². The first-order valence-corrected chi connectivity index (χ1v) is 4.10. The smallest absolute Gasteiger partial charge is 0.0682 e. The lowest BCUT2D eigenvalue weighted by molar-refractivity contribution is 0.0336. The first-order valence-electron chi connectivity index (χ1n) is 4.10. The summed E-state index contributed by atoms with van der Waals surface area (Å²) in [6, 6.07) is 0. The molecule has 1 heteroatoms. The zero-order valence-corrected chi connectivity index (χ0v) is 7.56. The van der Waals surface area contributed by atoms with Gasteiger partial charge in [0.05, 0.1) is 5.60 Å². The topological polar surface area (TPSA) is 20.2 Å². The third-order valence-electron chi connectivity index (χ3n) is 2.16. The molecule has 0 fully saturated rings. The van der Waals surface area contributed by atoms with Gasteiger partial charge in [0.25, 0.3) is 0 Å². The lowest BCUT2D eigenvalue weighted by atomic mass is 9.90. The van der Waals surface area contributed by atoms with Crippen LogP contribution >= 0.6 is 0 Å². The molecule has 0 aromatic rings. The Bertz CT molecular complexity index is 143. The molecular weight excluding hydrogens is 136 g/mol. The van der Waals surface area contributed by atoms with Crippen molar-refractivity contribution < 1.29 is 5.11 Å². The first kappa shape index (κ1) is 10.4. The van der Waals surface area contributed by atoms with Crippen LogP contribution in [0.15, 0.2) is 24.8 Å². The molecule has 0 saturated carbocycles. The predicted molar refractivity (Wildman–Crippen MR) is 49.5 cm³/mol. The van der Waals surface area contributed by atoms with E-state index in [1.807, 2.05) is 13.8 Å². The van der Waals surface area contributed by atoms with Gasteiger partial charge in [0.15, 0.2) is 0 Å². The molecule has 0 atom stereocenters. The van der Waals surface area contributed by atoms with Gasteiger partial charge in [-0.25, -0.2) is 0 Å². The fourth-order valence-electron chi connectivity index (χ4n) is 0.995. The van der Waals surface area contributed by atoms with Crippen LogP contribution in [0.4, 0.5) is 0 Å². The Kier molecular flexibility index (Phi) is 4.12. The highest BCUT2D eigenvalue weighted by molar-refractivity contribution is 5.13. The molecule has 0 aliphatic rings. The molecule has 0 heterocycles. The van der Waals surface area contributed by atoms with Gasteiger partial charge in [-0.15, -0.1) is 0 Å². The van der Waals surface area contributed by atoms with Gasteiger partial charge in [0.2, 0.25) is 0 Å². The number of hydrogen-bond acceptors (Lipinski definition) is 1. The SMILES string of the molecule is C=CC(=C)CC(O)(CC)CC. The van der Waals surface area contributed by atoms with E-state index in [9.17, 15) is 5.11 Å². The first-order chi connectivity index (χ1) is 5.08. The maximum Gasteiger partial charge on any atom is 0.0682 e. The summed E-state index contributed by atoms with van der Waals surface area (Å²) in [5, 5.41) is 9.82. The van der Waals surface area contributed by atoms with E-state index in [2.05, 4.69) is 13.2 Å². The van der Waals surface area contributed by atoms with E-state index in [1.54, 1.807) is 6.08 Å². The van der Waals surface area contributed by atoms with Crippen molar-refractivity contribution in [2.75, 3.05) is 0 Å². The van der Waals surface area contributed by atoms with Crippen LogP contribution in [-0.2, 0) is 0 Å². The molecule has 0 aromatic carbocycles. The van der Waals surface area contributed by atoms with Crippen molar-refractivity contribution in [1.82, 2.24) is 0 Å². The van der Waals surface area contributed by atoms with Crippen molar-refractivity contribution in [2.45, 2.75) is 38.7 Å². The maximum absolute atomic E-state index is 9.82. The van der Waals surface area contributed by atoms with Gasteiger partial charge in [-0.2, -0.15) is 0 Å². The van der Waals surface area contributed by atoms with Crippen molar-refractivity contribution in [1.29, 1.82) is 0 Å². The van der Waals surface area contributed by atoms with E-state index in [4.69, 9.17) is 0 Å². The Morgan fingerprint density at radius 1 is 1.45 bits per heavy atom. The van der Waals surface area contributed by atoms with Gasteiger partial charge >= 0.3 is 0 Å². The normalized spacial score (nSPS) is 11.2. The summed E-state index contributed by atoms with van der Waals surface area (Å²) in [5.74, 6) is 0. The summed E-state index contributed by atoms with van der Waals surface area (Å²) in [6.45, 7) is 11.4. The lowest BCUT2D eigenvalue weighted by Crippen LogP contribution is -2.26. The Morgan fingerprint density at radius 3 is 2.18 bits per heavy atom. The van der Waals surface area contributed by atoms with Gasteiger partial charge in [-0.1, -0.05) is 38.7 Å². The molecule has 0 rings (SSSR count).